The van der Waals surface area contributed by atoms with Crippen molar-refractivity contribution in [1.29, 1.82) is 0 Å². The molecule has 9 heteroatoms. The van der Waals surface area contributed by atoms with E-state index < -0.39 is 12.0 Å². The number of benzene rings is 1. The summed E-state index contributed by atoms with van der Waals surface area (Å²) in [5, 5.41) is 16.3. The second-order valence-corrected chi connectivity index (χ2v) is 6.13. The molecule has 2 amide bonds. The minimum absolute atomic E-state index is 0.0350. The number of anilines is 1. The van der Waals surface area contributed by atoms with Gasteiger partial charge in [0, 0.05) is 9.85 Å². The number of carboxylic acids is 1. The van der Waals surface area contributed by atoms with E-state index in [1.807, 2.05) is 0 Å². The molecule has 0 fully saturated rings. The number of hydrogen-bond donors (Lipinski definition) is 3. The molecule has 0 aliphatic rings. The average molecular weight is 391 g/mol. The predicted octanol–water partition coefficient (Wildman–Crippen LogP) is 3.58. The molecule has 0 saturated carbocycles. The molecule has 1 aromatic carbocycles. The maximum Gasteiger partial charge on any atom is 0.355 e. The Bertz CT molecular complexity index is 692. The summed E-state index contributed by atoms with van der Waals surface area (Å²) in [6.07, 6.45) is 0. The maximum absolute atomic E-state index is 11.8. The Labute approximate surface area is 137 Å². The Balaban J connectivity index is 1.92. The Morgan fingerprint density at radius 2 is 2.19 bits per heavy atom. The Hall–Kier alpha value is -1.64. The number of urea groups is 1. The van der Waals surface area contributed by atoms with E-state index in [0.717, 1.165) is 15.8 Å². The zero-order valence-electron chi connectivity index (χ0n) is 10.4. The Morgan fingerprint density at radius 3 is 2.86 bits per heavy atom. The third kappa shape index (κ3) is 4.42. The number of nitrogens with zero attached hydrogens (tertiary/aromatic N) is 1. The molecule has 0 saturated heterocycles. The van der Waals surface area contributed by atoms with E-state index in [2.05, 4.69) is 31.5 Å². The molecule has 3 N–H and O–H groups in total. The molecule has 1 heterocycles. The lowest BCUT2D eigenvalue weighted by Crippen LogP contribution is -2.28. The second kappa shape index (κ2) is 6.88. The van der Waals surface area contributed by atoms with Gasteiger partial charge in [-0.2, -0.15) is 0 Å². The van der Waals surface area contributed by atoms with Crippen LogP contribution in [0.15, 0.2) is 28.1 Å². The molecule has 0 atom stereocenters. The molecule has 0 unspecified atom stereocenters. The van der Waals surface area contributed by atoms with E-state index in [4.69, 9.17) is 16.7 Å². The molecule has 2 aromatic rings. The summed E-state index contributed by atoms with van der Waals surface area (Å²) in [5.74, 6) is -1.09. The van der Waals surface area contributed by atoms with Crippen LogP contribution in [-0.2, 0) is 6.54 Å². The van der Waals surface area contributed by atoms with Gasteiger partial charge in [-0.25, -0.2) is 14.6 Å². The number of amides is 2. The standard InChI is InChI=1S/C12H9BrClN3O3S/c13-6-1-2-7(14)8(3-6)17-12(20)15-4-10-16-9(5-21-10)11(18)19/h1-3,5H,4H2,(H,18,19)(H2,15,17,20). The number of carbonyl (C=O) groups excluding carboxylic acids is 1. The van der Waals surface area contributed by atoms with E-state index >= 15 is 0 Å². The van der Waals surface area contributed by atoms with Gasteiger partial charge in [-0.15, -0.1) is 11.3 Å². The first kappa shape index (κ1) is 15.7. The molecule has 0 bridgehead atoms. The lowest BCUT2D eigenvalue weighted by Gasteiger charge is -2.08. The summed E-state index contributed by atoms with van der Waals surface area (Å²) in [5.41, 5.74) is 0.432. The number of carbonyl (C=O) groups is 2. The van der Waals surface area contributed by atoms with Gasteiger partial charge in [0.05, 0.1) is 17.3 Å². The van der Waals surface area contributed by atoms with Crippen molar-refractivity contribution in [2.45, 2.75) is 6.54 Å². The third-order valence-corrected chi connectivity index (χ3v) is 4.02. The minimum Gasteiger partial charge on any atom is -0.476 e. The van der Waals surface area contributed by atoms with Crippen LogP contribution in [0, 0.1) is 0 Å². The average Bonchev–Trinajstić information content (AvgIpc) is 2.90. The molecule has 0 radical (unpaired) electrons. The van der Waals surface area contributed by atoms with Crippen molar-refractivity contribution in [3.05, 3.63) is 43.8 Å². The highest BCUT2D eigenvalue weighted by Gasteiger charge is 2.10. The smallest absolute Gasteiger partial charge is 0.355 e. The fourth-order valence-electron chi connectivity index (χ4n) is 1.41. The zero-order valence-corrected chi connectivity index (χ0v) is 13.6. The van der Waals surface area contributed by atoms with Crippen molar-refractivity contribution < 1.29 is 14.7 Å². The lowest BCUT2D eigenvalue weighted by molar-refractivity contribution is 0.0691. The van der Waals surface area contributed by atoms with E-state index in [0.29, 0.717) is 15.7 Å². The van der Waals surface area contributed by atoms with E-state index in [-0.39, 0.29) is 12.2 Å². The molecule has 1 aromatic heterocycles. The highest BCUT2D eigenvalue weighted by atomic mass is 79.9. The topological polar surface area (TPSA) is 91.3 Å². The molecule has 110 valence electrons. The highest BCUT2D eigenvalue weighted by molar-refractivity contribution is 9.10. The minimum atomic E-state index is -1.09. The molecule has 0 aliphatic heterocycles. The fraction of sp³-hybridized carbons (Fsp3) is 0.0833. The number of hydrogen-bond acceptors (Lipinski definition) is 4. The Kier molecular flexibility index (Phi) is 5.16. The largest absolute Gasteiger partial charge is 0.476 e. The first-order chi connectivity index (χ1) is 9.95. The number of aromatic nitrogens is 1. The van der Waals surface area contributed by atoms with Crippen LogP contribution in [0.1, 0.15) is 15.5 Å². The van der Waals surface area contributed by atoms with Gasteiger partial charge < -0.3 is 15.7 Å². The summed E-state index contributed by atoms with van der Waals surface area (Å²) < 4.78 is 0.785. The van der Waals surface area contributed by atoms with Crippen LogP contribution in [0.3, 0.4) is 0 Å². The van der Waals surface area contributed by atoms with Crippen LogP contribution >= 0.6 is 38.9 Å². The number of nitrogens with one attached hydrogen (secondary N) is 2. The quantitative estimate of drug-likeness (QED) is 0.744. The second-order valence-electron chi connectivity index (χ2n) is 3.86. The molecule has 2 rings (SSSR count). The van der Waals surface area contributed by atoms with E-state index in [9.17, 15) is 9.59 Å². The normalized spacial score (nSPS) is 10.2. The SMILES string of the molecule is O=C(NCc1nc(C(=O)O)cs1)Nc1cc(Br)ccc1Cl. The van der Waals surface area contributed by atoms with Crippen molar-refractivity contribution in [3.63, 3.8) is 0 Å². The summed E-state index contributed by atoms with van der Waals surface area (Å²) in [6.45, 7) is 0.134. The van der Waals surface area contributed by atoms with Gasteiger partial charge in [0.1, 0.15) is 5.01 Å². The summed E-state index contributed by atoms with van der Waals surface area (Å²) in [7, 11) is 0. The van der Waals surface area contributed by atoms with Crippen LogP contribution in [0.5, 0.6) is 0 Å². The monoisotopic (exact) mass is 389 g/mol. The maximum atomic E-state index is 11.8. The van der Waals surface area contributed by atoms with Crippen molar-refractivity contribution >= 4 is 56.6 Å². The Morgan fingerprint density at radius 1 is 1.43 bits per heavy atom. The lowest BCUT2D eigenvalue weighted by atomic mass is 10.3. The number of rotatable bonds is 4. The molecule has 0 aliphatic carbocycles. The zero-order chi connectivity index (χ0) is 15.4. The van der Waals surface area contributed by atoms with E-state index in [1.165, 1.54) is 5.38 Å². The summed E-state index contributed by atoms with van der Waals surface area (Å²) in [4.78, 5) is 26.3. The van der Waals surface area contributed by atoms with Crippen molar-refractivity contribution in [3.8, 4) is 0 Å². The van der Waals surface area contributed by atoms with Crippen molar-refractivity contribution in [1.82, 2.24) is 10.3 Å². The number of carboxylic acid groups (broad SMARTS) is 1. The van der Waals surface area contributed by atoms with Crippen molar-refractivity contribution in [2.75, 3.05) is 5.32 Å². The van der Waals surface area contributed by atoms with Crippen LogP contribution in [-0.4, -0.2) is 22.1 Å². The molecule has 21 heavy (non-hydrogen) atoms. The van der Waals surface area contributed by atoms with Gasteiger partial charge in [0.2, 0.25) is 0 Å². The van der Waals surface area contributed by atoms with Crippen LogP contribution in [0.2, 0.25) is 5.02 Å². The number of aromatic carboxylic acids is 1. The van der Waals surface area contributed by atoms with Crippen molar-refractivity contribution in [2.24, 2.45) is 0 Å². The molecular formula is C12H9BrClN3O3S. The van der Waals surface area contributed by atoms with Gasteiger partial charge in [-0.05, 0) is 18.2 Å². The fourth-order valence-corrected chi connectivity index (χ4v) is 2.64. The van der Waals surface area contributed by atoms with Crippen LogP contribution in [0.25, 0.3) is 0 Å². The highest BCUT2D eigenvalue weighted by Crippen LogP contribution is 2.25. The number of thiazole rings is 1. The van der Waals surface area contributed by atoms with Gasteiger partial charge in [0.15, 0.2) is 5.69 Å². The predicted molar refractivity (Wildman–Crippen MR) is 84.1 cm³/mol. The molecule has 0 spiro atoms. The summed E-state index contributed by atoms with van der Waals surface area (Å²) in [6, 6.07) is 4.63. The van der Waals surface area contributed by atoms with Gasteiger partial charge in [0.25, 0.3) is 0 Å². The molecular weight excluding hydrogens is 382 g/mol. The van der Waals surface area contributed by atoms with Gasteiger partial charge in [-0.3, -0.25) is 0 Å². The first-order valence-electron chi connectivity index (χ1n) is 5.63. The third-order valence-electron chi connectivity index (χ3n) is 2.35. The van der Waals surface area contributed by atoms with Crippen LogP contribution in [0.4, 0.5) is 10.5 Å². The molecule has 6 nitrogen and oxygen atoms in total. The summed E-state index contributed by atoms with van der Waals surface area (Å²) >= 11 is 10.4. The van der Waals surface area contributed by atoms with E-state index in [1.54, 1.807) is 18.2 Å². The van der Waals surface area contributed by atoms with Gasteiger partial charge in [-0.1, -0.05) is 27.5 Å². The van der Waals surface area contributed by atoms with Gasteiger partial charge >= 0.3 is 12.0 Å². The first-order valence-corrected chi connectivity index (χ1v) is 7.68. The van der Waals surface area contributed by atoms with Crippen LogP contribution < -0.4 is 10.6 Å². The number of halogens is 2.